The third kappa shape index (κ3) is 3.86. The quantitative estimate of drug-likeness (QED) is 0.652. The molecule has 140 valence electrons. The molecular formula is C19H13F2N5O2. The summed E-state index contributed by atoms with van der Waals surface area (Å²) in [7, 11) is 1.25. The van der Waals surface area contributed by atoms with Crippen molar-refractivity contribution in [3.63, 3.8) is 0 Å². The zero-order chi connectivity index (χ0) is 20.3. The molecule has 0 aliphatic carbocycles. The summed E-state index contributed by atoms with van der Waals surface area (Å²) in [5, 5.41) is 11.7. The van der Waals surface area contributed by atoms with Gasteiger partial charge in [-0.3, -0.25) is 4.79 Å². The molecule has 3 aromatic rings. The number of rotatable bonds is 5. The molecule has 0 spiro atoms. The molecule has 1 aromatic heterocycles. The van der Waals surface area contributed by atoms with Crippen LogP contribution in [0.1, 0.15) is 21.6 Å². The minimum atomic E-state index is -1.08. The third-order valence-corrected chi connectivity index (χ3v) is 3.74. The molecule has 1 heterocycles. The summed E-state index contributed by atoms with van der Waals surface area (Å²) in [6, 6.07) is 11.4. The molecular weight excluding hydrogens is 368 g/mol. The number of aromatic nitrogens is 2. The Balaban J connectivity index is 1.95. The van der Waals surface area contributed by atoms with Gasteiger partial charge < -0.3 is 15.8 Å². The lowest BCUT2D eigenvalue weighted by atomic mass is 10.1. The van der Waals surface area contributed by atoms with Crippen LogP contribution in [0.4, 0.5) is 26.2 Å². The van der Waals surface area contributed by atoms with Gasteiger partial charge >= 0.3 is 0 Å². The van der Waals surface area contributed by atoms with Gasteiger partial charge in [0.25, 0.3) is 0 Å². The number of benzene rings is 2. The fraction of sp³-hybridized carbons (Fsp3) is 0.0526. The van der Waals surface area contributed by atoms with Crippen molar-refractivity contribution < 1.29 is 18.3 Å². The molecule has 28 heavy (non-hydrogen) atoms. The van der Waals surface area contributed by atoms with E-state index in [1.54, 1.807) is 24.3 Å². The fourth-order valence-corrected chi connectivity index (χ4v) is 2.43. The van der Waals surface area contributed by atoms with E-state index in [1.165, 1.54) is 13.2 Å². The topological polar surface area (TPSA) is 114 Å². The minimum absolute atomic E-state index is 0.0584. The zero-order valence-electron chi connectivity index (χ0n) is 14.5. The second-order valence-electron chi connectivity index (χ2n) is 5.61. The van der Waals surface area contributed by atoms with Crippen molar-refractivity contribution in [3.8, 4) is 11.8 Å². The normalized spacial score (nSPS) is 10.2. The summed E-state index contributed by atoms with van der Waals surface area (Å²) in [6.45, 7) is 0. The van der Waals surface area contributed by atoms with Gasteiger partial charge in [0.05, 0.1) is 24.3 Å². The second-order valence-corrected chi connectivity index (χ2v) is 5.61. The summed E-state index contributed by atoms with van der Waals surface area (Å²) < 4.78 is 33.2. The maximum absolute atomic E-state index is 14.2. The average Bonchev–Trinajstić information content (AvgIpc) is 2.67. The molecule has 0 aliphatic rings. The highest BCUT2D eigenvalue weighted by Crippen LogP contribution is 2.24. The number of carbonyl (C=O) groups is 1. The van der Waals surface area contributed by atoms with Crippen LogP contribution in [-0.4, -0.2) is 22.9 Å². The second kappa shape index (κ2) is 7.67. The number of hydrogen-bond donors (Lipinski definition) is 2. The number of methoxy groups -OCH3 is 1. The number of carbonyl (C=O) groups excluding carboxylic acids is 1. The number of halogens is 2. The molecule has 0 fully saturated rings. The molecule has 7 nitrogen and oxygen atoms in total. The number of ketones is 1. The monoisotopic (exact) mass is 381 g/mol. The molecule has 0 unspecified atom stereocenters. The molecule has 0 aliphatic heterocycles. The van der Waals surface area contributed by atoms with Crippen molar-refractivity contribution in [2.45, 2.75) is 0 Å². The van der Waals surface area contributed by atoms with Gasteiger partial charge in [-0.2, -0.15) is 10.2 Å². The first kappa shape index (κ1) is 18.7. The largest absolute Gasteiger partial charge is 0.497 e. The van der Waals surface area contributed by atoms with Gasteiger partial charge in [0.2, 0.25) is 11.7 Å². The SMILES string of the molecule is COc1cc(F)c(C(=O)c2cc(Nc3ccc(C#N)cc3)nc(N)n2)c(F)c1. The van der Waals surface area contributed by atoms with Crippen LogP contribution < -0.4 is 15.8 Å². The fourth-order valence-electron chi connectivity index (χ4n) is 2.43. The van der Waals surface area contributed by atoms with Gasteiger partial charge in [0.1, 0.15) is 28.9 Å². The van der Waals surface area contributed by atoms with Crippen LogP contribution in [0.25, 0.3) is 0 Å². The minimum Gasteiger partial charge on any atom is -0.497 e. The Hall–Kier alpha value is -4.06. The zero-order valence-corrected chi connectivity index (χ0v) is 14.5. The van der Waals surface area contributed by atoms with Crippen molar-refractivity contribution in [3.05, 3.63) is 70.9 Å². The number of nitrogens with two attached hydrogens (primary N) is 1. The van der Waals surface area contributed by atoms with E-state index in [9.17, 15) is 13.6 Å². The van der Waals surface area contributed by atoms with Crippen molar-refractivity contribution in [1.29, 1.82) is 5.26 Å². The number of anilines is 3. The third-order valence-electron chi connectivity index (χ3n) is 3.74. The van der Waals surface area contributed by atoms with Gasteiger partial charge in [0.15, 0.2) is 0 Å². The van der Waals surface area contributed by atoms with E-state index in [0.717, 1.165) is 12.1 Å². The van der Waals surface area contributed by atoms with Gasteiger partial charge in [-0.05, 0) is 24.3 Å². The van der Waals surface area contributed by atoms with Crippen LogP contribution >= 0.6 is 0 Å². The maximum Gasteiger partial charge on any atom is 0.222 e. The molecule has 2 aromatic carbocycles. The lowest BCUT2D eigenvalue weighted by Gasteiger charge is -2.10. The van der Waals surface area contributed by atoms with Crippen LogP contribution in [0.5, 0.6) is 5.75 Å². The Morgan fingerprint density at radius 3 is 2.36 bits per heavy atom. The van der Waals surface area contributed by atoms with E-state index < -0.39 is 23.0 Å². The summed E-state index contributed by atoms with van der Waals surface area (Å²) in [6.07, 6.45) is 0. The molecule has 9 heteroatoms. The van der Waals surface area contributed by atoms with Crippen LogP contribution in [0.15, 0.2) is 42.5 Å². The molecule has 0 radical (unpaired) electrons. The number of nitrogens with zero attached hydrogens (tertiary/aromatic N) is 3. The van der Waals surface area contributed by atoms with Gasteiger partial charge in [-0.1, -0.05) is 0 Å². The van der Waals surface area contributed by atoms with E-state index in [-0.39, 0.29) is 23.2 Å². The summed E-state index contributed by atoms with van der Waals surface area (Å²) in [5.41, 5.74) is 5.60. The van der Waals surface area contributed by atoms with Crippen LogP contribution in [0.3, 0.4) is 0 Å². The molecule has 3 N–H and O–H groups in total. The lowest BCUT2D eigenvalue weighted by Crippen LogP contribution is -2.12. The first-order chi connectivity index (χ1) is 13.4. The van der Waals surface area contributed by atoms with Gasteiger partial charge in [0, 0.05) is 23.9 Å². The number of nitrogens with one attached hydrogen (secondary N) is 1. The van der Waals surface area contributed by atoms with Crippen molar-refractivity contribution in [2.24, 2.45) is 0 Å². The summed E-state index contributed by atoms with van der Waals surface area (Å²) in [4.78, 5) is 20.3. The van der Waals surface area contributed by atoms with E-state index in [1.807, 2.05) is 6.07 Å². The van der Waals surface area contributed by atoms with E-state index in [0.29, 0.717) is 11.3 Å². The Morgan fingerprint density at radius 1 is 1.14 bits per heavy atom. The molecule has 0 atom stereocenters. The smallest absolute Gasteiger partial charge is 0.222 e. The Morgan fingerprint density at radius 2 is 1.79 bits per heavy atom. The number of nitrogen functional groups attached to an aromatic ring is 1. The van der Waals surface area contributed by atoms with Crippen LogP contribution in [-0.2, 0) is 0 Å². The van der Waals surface area contributed by atoms with Crippen molar-refractivity contribution in [1.82, 2.24) is 9.97 Å². The van der Waals surface area contributed by atoms with Crippen molar-refractivity contribution in [2.75, 3.05) is 18.2 Å². The van der Waals surface area contributed by atoms with E-state index >= 15 is 0 Å². The highest BCUT2D eigenvalue weighted by atomic mass is 19.1. The molecule has 3 rings (SSSR count). The summed E-state index contributed by atoms with van der Waals surface area (Å²) in [5.74, 6) is -3.32. The maximum atomic E-state index is 14.2. The van der Waals surface area contributed by atoms with E-state index in [2.05, 4.69) is 15.3 Å². The molecule has 0 bridgehead atoms. The molecule has 0 saturated heterocycles. The van der Waals surface area contributed by atoms with Gasteiger partial charge in [-0.15, -0.1) is 0 Å². The highest BCUT2D eigenvalue weighted by Gasteiger charge is 2.23. The van der Waals surface area contributed by atoms with Crippen LogP contribution in [0.2, 0.25) is 0 Å². The Bertz CT molecular complexity index is 1070. The van der Waals surface area contributed by atoms with E-state index in [4.69, 9.17) is 15.7 Å². The number of hydrogen-bond acceptors (Lipinski definition) is 7. The predicted molar refractivity (Wildman–Crippen MR) is 97.2 cm³/mol. The summed E-state index contributed by atoms with van der Waals surface area (Å²) >= 11 is 0. The average molecular weight is 381 g/mol. The first-order valence-electron chi connectivity index (χ1n) is 7.90. The van der Waals surface area contributed by atoms with Crippen LogP contribution in [0, 0.1) is 23.0 Å². The predicted octanol–water partition coefficient (Wildman–Crippen LogP) is 3.19. The molecule has 0 amide bonds. The van der Waals surface area contributed by atoms with Gasteiger partial charge in [-0.25, -0.2) is 13.8 Å². The standard InChI is InChI=1S/C19H13F2N5O2/c1-28-12-6-13(20)17(14(21)7-12)18(27)15-8-16(26-19(23)25-15)24-11-4-2-10(9-22)3-5-11/h2-8H,1H3,(H3,23,24,25,26). The Labute approximate surface area is 158 Å². The lowest BCUT2D eigenvalue weighted by molar-refractivity contribution is 0.102. The Kier molecular flexibility index (Phi) is 5.13. The highest BCUT2D eigenvalue weighted by molar-refractivity contribution is 6.08. The molecule has 0 saturated carbocycles. The number of ether oxygens (including phenoxy) is 1. The van der Waals surface area contributed by atoms with Crippen molar-refractivity contribution >= 4 is 23.2 Å². The first-order valence-corrected chi connectivity index (χ1v) is 7.90. The number of nitriles is 1.